The molecule has 0 aliphatic heterocycles. The van der Waals surface area contributed by atoms with Gasteiger partial charge in [-0.25, -0.2) is 0 Å². The lowest BCUT2D eigenvalue weighted by molar-refractivity contribution is 0.0950. The fourth-order valence-corrected chi connectivity index (χ4v) is 2.14. The van der Waals surface area contributed by atoms with Crippen molar-refractivity contribution in [3.63, 3.8) is 0 Å². The number of carbonyl (C=O) groups is 1. The van der Waals surface area contributed by atoms with E-state index in [1.165, 1.54) is 0 Å². The third kappa shape index (κ3) is 4.38. The molecule has 1 aromatic rings. The lowest BCUT2D eigenvalue weighted by atomic mass is 10.2. The van der Waals surface area contributed by atoms with Gasteiger partial charge in [0.15, 0.2) is 11.5 Å². The first-order valence-corrected chi connectivity index (χ1v) is 7.28. The van der Waals surface area contributed by atoms with Gasteiger partial charge < -0.3 is 20.1 Å². The molecule has 0 saturated carbocycles. The smallest absolute Gasteiger partial charge is 0.251 e. The van der Waals surface area contributed by atoms with Crippen LogP contribution in [0.5, 0.6) is 11.5 Å². The summed E-state index contributed by atoms with van der Waals surface area (Å²) < 4.78 is 11.5. The van der Waals surface area contributed by atoms with Crippen molar-refractivity contribution in [2.24, 2.45) is 0 Å². The monoisotopic (exact) mass is 344 g/mol. The van der Waals surface area contributed by atoms with Crippen LogP contribution in [0.4, 0.5) is 0 Å². The van der Waals surface area contributed by atoms with E-state index in [1.54, 1.807) is 19.2 Å². The van der Waals surface area contributed by atoms with E-state index in [1.807, 2.05) is 20.9 Å². The maximum atomic E-state index is 12.1. The Morgan fingerprint density at radius 1 is 1.45 bits per heavy atom. The first-order chi connectivity index (χ1) is 9.53. The van der Waals surface area contributed by atoms with E-state index < -0.39 is 0 Å². The molecule has 0 heterocycles. The second-order valence-corrected chi connectivity index (χ2v) is 5.18. The van der Waals surface area contributed by atoms with Crippen LogP contribution in [0, 0.1) is 0 Å². The zero-order valence-corrected chi connectivity index (χ0v) is 13.8. The average Bonchev–Trinajstić information content (AvgIpc) is 2.46. The van der Waals surface area contributed by atoms with Crippen molar-refractivity contribution < 1.29 is 14.3 Å². The fraction of sp³-hybridized carbons (Fsp3) is 0.500. The molecular formula is C14H21BrN2O3. The Labute approximate surface area is 128 Å². The maximum Gasteiger partial charge on any atom is 0.251 e. The Morgan fingerprint density at radius 2 is 2.15 bits per heavy atom. The van der Waals surface area contributed by atoms with Gasteiger partial charge in [-0.3, -0.25) is 4.79 Å². The molecule has 0 radical (unpaired) electrons. The van der Waals surface area contributed by atoms with Crippen molar-refractivity contribution in [3.05, 3.63) is 22.2 Å². The number of amides is 1. The van der Waals surface area contributed by atoms with Crippen LogP contribution >= 0.6 is 15.9 Å². The highest BCUT2D eigenvalue weighted by molar-refractivity contribution is 9.10. The average molecular weight is 345 g/mol. The fourth-order valence-electron chi connectivity index (χ4n) is 1.59. The Balaban J connectivity index is 2.91. The minimum absolute atomic E-state index is 0.144. The Bertz CT molecular complexity index is 466. The minimum Gasteiger partial charge on any atom is -0.493 e. The van der Waals surface area contributed by atoms with Crippen molar-refractivity contribution in [2.75, 3.05) is 27.3 Å². The van der Waals surface area contributed by atoms with Crippen LogP contribution in [0.25, 0.3) is 0 Å². The Hall–Kier alpha value is -1.27. The van der Waals surface area contributed by atoms with Crippen LogP contribution in [0.1, 0.15) is 24.2 Å². The van der Waals surface area contributed by atoms with Crippen molar-refractivity contribution in [2.45, 2.75) is 19.9 Å². The van der Waals surface area contributed by atoms with Crippen LogP contribution in [0.15, 0.2) is 16.6 Å². The van der Waals surface area contributed by atoms with Crippen LogP contribution in [-0.4, -0.2) is 39.3 Å². The van der Waals surface area contributed by atoms with E-state index in [-0.39, 0.29) is 11.9 Å². The van der Waals surface area contributed by atoms with Crippen LogP contribution in [0.3, 0.4) is 0 Å². The number of likely N-dealkylation sites (N-methyl/N-ethyl adjacent to an activating group) is 1. The molecule has 1 atom stereocenters. The maximum absolute atomic E-state index is 12.1. The quantitative estimate of drug-likeness (QED) is 0.795. The third-order valence-corrected chi connectivity index (χ3v) is 3.43. The number of rotatable bonds is 7. The van der Waals surface area contributed by atoms with E-state index in [2.05, 4.69) is 26.6 Å². The normalized spacial score (nSPS) is 11.8. The second kappa shape index (κ2) is 8.11. The van der Waals surface area contributed by atoms with Crippen LogP contribution < -0.4 is 20.1 Å². The summed E-state index contributed by atoms with van der Waals surface area (Å²) in [4.78, 5) is 12.1. The molecule has 1 amide bonds. The number of benzene rings is 1. The zero-order valence-electron chi connectivity index (χ0n) is 12.2. The van der Waals surface area contributed by atoms with Crippen molar-refractivity contribution >= 4 is 21.8 Å². The van der Waals surface area contributed by atoms with Gasteiger partial charge in [0.05, 0.1) is 18.2 Å². The predicted octanol–water partition coefficient (Wildman–Crippen LogP) is 2.19. The molecule has 0 aliphatic rings. The summed E-state index contributed by atoms with van der Waals surface area (Å²) in [5.74, 6) is 0.998. The van der Waals surface area contributed by atoms with Gasteiger partial charge in [0.25, 0.3) is 5.91 Å². The number of ether oxygens (including phenoxy) is 2. The van der Waals surface area contributed by atoms with Gasteiger partial charge in [0, 0.05) is 18.2 Å². The molecule has 112 valence electrons. The summed E-state index contributed by atoms with van der Waals surface area (Å²) in [5, 5.41) is 5.92. The summed E-state index contributed by atoms with van der Waals surface area (Å²) in [6.45, 7) is 4.98. The largest absolute Gasteiger partial charge is 0.493 e. The van der Waals surface area contributed by atoms with E-state index in [4.69, 9.17) is 9.47 Å². The van der Waals surface area contributed by atoms with Gasteiger partial charge in [-0.05, 0) is 49.0 Å². The number of methoxy groups -OCH3 is 1. The molecule has 0 saturated heterocycles. The molecule has 1 aromatic carbocycles. The van der Waals surface area contributed by atoms with E-state index in [0.717, 1.165) is 0 Å². The summed E-state index contributed by atoms with van der Waals surface area (Å²) in [6.07, 6.45) is 0. The summed E-state index contributed by atoms with van der Waals surface area (Å²) in [5.41, 5.74) is 0.528. The minimum atomic E-state index is -0.144. The number of hydrogen-bond acceptors (Lipinski definition) is 4. The Kier molecular flexibility index (Phi) is 6.81. The molecule has 20 heavy (non-hydrogen) atoms. The third-order valence-electron chi connectivity index (χ3n) is 2.84. The molecule has 0 fully saturated rings. The van der Waals surface area contributed by atoms with Crippen LogP contribution in [-0.2, 0) is 0 Å². The van der Waals surface area contributed by atoms with Crippen molar-refractivity contribution in [3.8, 4) is 11.5 Å². The van der Waals surface area contributed by atoms with E-state index in [9.17, 15) is 4.79 Å². The molecule has 6 heteroatoms. The lowest BCUT2D eigenvalue weighted by Crippen LogP contribution is -2.37. The molecule has 0 aliphatic carbocycles. The van der Waals surface area contributed by atoms with Crippen molar-refractivity contribution in [1.29, 1.82) is 0 Å². The molecule has 1 unspecified atom stereocenters. The number of nitrogens with one attached hydrogen (secondary N) is 2. The van der Waals surface area contributed by atoms with E-state index in [0.29, 0.717) is 34.7 Å². The first kappa shape index (κ1) is 16.8. The van der Waals surface area contributed by atoms with Crippen LogP contribution in [0.2, 0.25) is 0 Å². The highest BCUT2D eigenvalue weighted by atomic mass is 79.9. The molecule has 0 bridgehead atoms. The molecule has 0 spiro atoms. The highest BCUT2D eigenvalue weighted by Gasteiger charge is 2.15. The lowest BCUT2D eigenvalue weighted by Gasteiger charge is -2.14. The van der Waals surface area contributed by atoms with Gasteiger partial charge in [-0.1, -0.05) is 0 Å². The first-order valence-electron chi connectivity index (χ1n) is 6.49. The summed E-state index contributed by atoms with van der Waals surface area (Å²) in [7, 11) is 3.41. The number of halogens is 1. The molecule has 2 N–H and O–H groups in total. The highest BCUT2D eigenvalue weighted by Crippen LogP contribution is 2.36. The van der Waals surface area contributed by atoms with Gasteiger partial charge in [-0.2, -0.15) is 0 Å². The molecular weight excluding hydrogens is 324 g/mol. The second-order valence-electron chi connectivity index (χ2n) is 4.32. The van der Waals surface area contributed by atoms with Crippen molar-refractivity contribution in [1.82, 2.24) is 10.6 Å². The van der Waals surface area contributed by atoms with Gasteiger partial charge in [0.2, 0.25) is 0 Å². The number of hydrogen-bond donors (Lipinski definition) is 2. The predicted molar refractivity (Wildman–Crippen MR) is 82.7 cm³/mol. The topological polar surface area (TPSA) is 59.6 Å². The number of carbonyl (C=O) groups excluding carboxylic acids is 1. The standard InChI is InChI=1S/C14H21BrN2O3/c1-5-20-13-11(15)6-10(7-12(13)19-4)14(18)17-8-9(2)16-3/h6-7,9,16H,5,8H2,1-4H3,(H,17,18). The SMILES string of the molecule is CCOc1c(Br)cc(C(=O)NCC(C)NC)cc1OC. The summed E-state index contributed by atoms with van der Waals surface area (Å²) >= 11 is 3.40. The Morgan fingerprint density at radius 3 is 2.70 bits per heavy atom. The van der Waals surface area contributed by atoms with Gasteiger partial charge in [0.1, 0.15) is 0 Å². The van der Waals surface area contributed by atoms with E-state index >= 15 is 0 Å². The molecule has 5 nitrogen and oxygen atoms in total. The van der Waals surface area contributed by atoms with Gasteiger partial charge >= 0.3 is 0 Å². The zero-order chi connectivity index (χ0) is 15.1. The molecule has 0 aromatic heterocycles. The molecule has 1 rings (SSSR count). The summed E-state index contributed by atoms with van der Waals surface area (Å²) in [6, 6.07) is 3.62. The van der Waals surface area contributed by atoms with Gasteiger partial charge in [-0.15, -0.1) is 0 Å².